The highest BCUT2D eigenvalue weighted by Crippen LogP contribution is 2.42. The highest BCUT2D eigenvalue weighted by molar-refractivity contribution is 5.88. The molecule has 0 saturated heterocycles. The molecule has 0 spiro atoms. The fraction of sp³-hybridized carbons (Fsp3) is 0.167. The van der Waals surface area contributed by atoms with E-state index in [2.05, 4.69) is 6.07 Å². The van der Waals surface area contributed by atoms with Gasteiger partial charge in [-0.2, -0.15) is 0 Å². The zero-order valence-corrected chi connectivity index (χ0v) is 16.8. The van der Waals surface area contributed by atoms with Crippen LogP contribution in [-0.2, 0) is 0 Å². The zero-order valence-electron chi connectivity index (χ0n) is 16.8. The van der Waals surface area contributed by atoms with Gasteiger partial charge in [-0.3, -0.25) is 0 Å². The van der Waals surface area contributed by atoms with Gasteiger partial charge < -0.3 is 23.4 Å². The number of hydrogen-bond donors (Lipinski definition) is 0. The molecule has 0 saturated carbocycles. The third-order valence-electron chi connectivity index (χ3n) is 4.88. The van der Waals surface area contributed by atoms with Crippen LogP contribution in [0.25, 0.3) is 33.4 Å². The van der Waals surface area contributed by atoms with E-state index in [0.29, 0.717) is 17.2 Å². The summed E-state index contributed by atoms with van der Waals surface area (Å²) in [5, 5.41) is 0.997. The predicted molar refractivity (Wildman–Crippen MR) is 113 cm³/mol. The molecule has 4 rings (SSSR count). The summed E-state index contributed by atoms with van der Waals surface area (Å²) >= 11 is 0. The fourth-order valence-corrected chi connectivity index (χ4v) is 3.46. The van der Waals surface area contributed by atoms with Gasteiger partial charge in [-0.25, -0.2) is 0 Å². The van der Waals surface area contributed by atoms with Gasteiger partial charge in [0.2, 0.25) is 5.75 Å². The second-order valence-corrected chi connectivity index (χ2v) is 6.48. The van der Waals surface area contributed by atoms with Crippen molar-refractivity contribution < 1.29 is 23.4 Å². The maximum atomic E-state index is 6.09. The van der Waals surface area contributed by atoms with E-state index in [-0.39, 0.29) is 0 Å². The minimum atomic E-state index is 0.549. The molecule has 1 aromatic heterocycles. The van der Waals surface area contributed by atoms with Crippen molar-refractivity contribution in [3.8, 4) is 45.4 Å². The molecule has 0 aliphatic heterocycles. The van der Waals surface area contributed by atoms with E-state index in [1.165, 1.54) is 0 Å². The van der Waals surface area contributed by atoms with Crippen molar-refractivity contribution in [2.45, 2.75) is 0 Å². The molecular formula is C24H22O5. The van der Waals surface area contributed by atoms with E-state index in [0.717, 1.165) is 39.2 Å². The molecule has 0 bridgehead atoms. The van der Waals surface area contributed by atoms with Gasteiger partial charge in [-0.1, -0.05) is 24.3 Å². The Bertz CT molecular complexity index is 1130. The average Bonchev–Trinajstić information content (AvgIpc) is 3.21. The lowest BCUT2D eigenvalue weighted by atomic mass is 10.0. The summed E-state index contributed by atoms with van der Waals surface area (Å²) in [6.07, 6.45) is 0. The predicted octanol–water partition coefficient (Wildman–Crippen LogP) is 5.80. The van der Waals surface area contributed by atoms with Crippen LogP contribution in [0.3, 0.4) is 0 Å². The maximum absolute atomic E-state index is 6.09. The lowest BCUT2D eigenvalue weighted by Gasteiger charge is -2.13. The van der Waals surface area contributed by atoms with Gasteiger partial charge in [0.05, 0.1) is 28.4 Å². The Morgan fingerprint density at radius 3 is 1.97 bits per heavy atom. The molecule has 29 heavy (non-hydrogen) atoms. The first kappa shape index (κ1) is 18.7. The molecule has 5 heteroatoms. The molecule has 4 aromatic rings. The number of furan rings is 1. The van der Waals surface area contributed by atoms with Gasteiger partial charge in [-0.05, 0) is 42.0 Å². The van der Waals surface area contributed by atoms with Crippen molar-refractivity contribution in [3.05, 3.63) is 60.7 Å². The van der Waals surface area contributed by atoms with Crippen molar-refractivity contribution in [1.82, 2.24) is 0 Å². The summed E-state index contributed by atoms with van der Waals surface area (Å²) in [5.74, 6) is 3.26. The Balaban J connectivity index is 1.81. The maximum Gasteiger partial charge on any atom is 0.203 e. The standard InChI is InChI=1S/C24H22O5/c1-25-20-8-6-5-7-18(20)15-9-10-19-16(11-15)12-21(29-19)17-13-22(26-2)24(28-4)23(14-17)27-3/h5-14H,1-4H3. The highest BCUT2D eigenvalue weighted by Gasteiger charge is 2.17. The van der Waals surface area contributed by atoms with Gasteiger partial charge in [0.1, 0.15) is 17.1 Å². The minimum Gasteiger partial charge on any atom is -0.496 e. The molecule has 1 heterocycles. The Hall–Kier alpha value is -3.60. The average molecular weight is 390 g/mol. The smallest absolute Gasteiger partial charge is 0.203 e. The summed E-state index contributed by atoms with van der Waals surface area (Å²) in [6, 6.07) is 19.8. The number of fused-ring (bicyclic) bond motifs is 1. The van der Waals surface area contributed by atoms with Crippen molar-refractivity contribution >= 4 is 11.0 Å². The molecule has 0 aliphatic rings. The number of benzene rings is 3. The summed E-state index contributed by atoms with van der Waals surface area (Å²) in [6.45, 7) is 0. The number of ether oxygens (including phenoxy) is 4. The van der Waals surface area contributed by atoms with Gasteiger partial charge in [-0.15, -0.1) is 0 Å². The lowest BCUT2D eigenvalue weighted by molar-refractivity contribution is 0.324. The number of hydrogen-bond acceptors (Lipinski definition) is 5. The number of para-hydroxylation sites is 1. The van der Waals surface area contributed by atoms with Crippen LogP contribution in [0.4, 0.5) is 0 Å². The first-order valence-corrected chi connectivity index (χ1v) is 9.16. The van der Waals surface area contributed by atoms with Gasteiger partial charge in [0.15, 0.2) is 11.5 Å². The largest absolute Gasteiger partial charge is 0.496 e. The topological polar surface area (TPSA) is 50.1 Å². The first-order valence-electron chi connectivity index (χ1n) is 9.16. The van der Waals surface area contributed by atoms with E-state index in [9.17, 15) is 0 Å². The van der Waals surface area contributed by atoms with E-state index < -0.39 is 0 Å². The van der Waals surface area contributed by atoms with E-state index >= 15 is 0 Å². The molecule has 0 fully saturated rings. The van der Waals surface area contributed by atoms with Crippen molar-refractivity contribution in [2.24, 2.45) is 0 Å². The molecular weight excluding hydrogens is 368 g/mol. The van der Waals surface area contributed by atoms with Gasteiger partial charge in [0, 0.05) is 16.5 Å². The van der Waals surface area contributed by atoms with Crippen LogP contribution in [0.15, 0.2) is 65.1 Å². The summed E-state index contributed by atoms with van der Waals surface area (Å²) < 4.78 is 27.9. The molecule has 3 aromatic carbocycles. The number of rotatable bonds is 6. The Morgan fingerprint density at radius 1 is 0.621 bits per heavy atom. The van der Waals surface area contributed by atoms with Crippen LogP contribution < -0.4 is 18.9 Å². The highest BCUT2D eigenvalue weighted by atomic mass is 16.5. The monoisotopic (exact) mass is 390 g/mol. The second-order valence-electron chi connectivity index (χ2n) is 6.48. The van der Waals surface area contributed by atoms with Crippen LogP contribution >= 0.6 is 0 Å². The Morgan fingerprint density at radius 2 is 1.31 bits per heavy atom. The molecule has 0 atom stereocenters. The molecule has 0 aliphatic carbocycles. The molecule has 148 valence electrons. The summed E-state index contributed by atoms with van der Waals surface area (Å²) in [7, 11) is 6.46. The zero-order chi connectivity index (χ0) is 20.4. The molecule has 0 unspecified atom stereocenters. The van der Waals surface area contributed by atoms with Gasteiger partial charge >= 0.3 is 0 Å². The summed E-state index contributed by atoms with van der Waals surface area (Å²) in [5.41, 5.74) is 3.74. The van der Waals surface area contributed by atoms with Crippen LogP contribution in [0.2, 0.25) is 0 Å². The van der Waals surface area contributed by atoms with Crippen molar-refractivity contribution in [1.29, 1.82) is 0 Å². The van der Waals surface area contributed by atoms with Crippen LogP contribution in [0.1, 0.15) is 0 Å². The SMILES string of the molecule is COc1ccccc1-c1ccc2oc(-c3cc(OC)c(OC)c(OC)c3)cc2c1. The van der Waals surface area contributed by atoms with Crippen LogP contribution in [-0.4, -0.2) is 28.4 Å². The molecule has 0 N–H and O–H groups in total. The fourth-order valence-electron chi connectivity index (χ4n) is 3.46. The molecule has 0 amide bonds. The quantitative estimate of drug-likeness (QED) is 0.416. The van der Waals surface area contributed by atoms with Crippen molar-refractivity contribution in [3.63, 3.8) is 0 Å². The van der Waals surface area contributed by atoms with E-state index in [4.69, 9.17) is 23.4 Å². The van der Waals surface area contributed by atoms with E-state index in [1.807, 2.05) is 54.6 Å². The Labute approximate surface area is 169 Å². The van der Waals surface area contributed by atoms with Crippen LogP contribution in [0.5, 0.6) is 23.0 Å². The molecule has 5 nitrogen and oxygen atoms in total. The summed E-state index contributed by atoms with van der Waals surface area (Å²) in [4.78, 5) is 0. The van der Waals surface area contributed by atoms with Gasteiger partial charge in [0.25, 0.3) is 0 Å². The first-order chi connectivity index (χ1) is 14.2. The lowest BCUT2D eigenvalue weighted by Crippen LogP contribution is -1.95. The van der Waals surface area contributed by atoms with Crippen molar-refractivity contribution in [2.75, 3.05) is 28.4 Å². The third kappa shape index (κ3) is 3.36. The Kier molecular flexibility index (Phi) is 5.04. The normalized spacial score (nSPS) is 10.8. The van der Waals surface area contributed by atoms with Crippen LogP contribution in [0, 0.1) is 0 Å². The minimum absolute atomic E-state index is 0.549. The number of methoxy groups -OCH3 is 4. The second kappa shape index (κ2) is 7.80. The molecule has 0 radical (unpaired) electrons. The third-order valence-corrected chi connectivity index (χ3v) is 4.88. The van der Waals surface area contributed by atoms with E-state index in [1.54, 1.807) is 28.4 Å².